The van der Waals surface area contributed by atoms with E-state index in [4.69, 9.17) is 4.43 Å². The lowest BCUT2D eigenvalue weighted by Gasteiger charge is -2.43. The van der Waals surface area contributed by atoms with Crippen LogP contribution in [0.2, 0.25) is 11.1 Å². The largest absolute Gasteiger partial charge is 0.539 e. The van der Waals surface area contributed by atoms with E-state index in [1.807, 2.05) is 44.2 Å². The van der Waals surface area contributed by atoms with Crippen molar-refractivity contribution in [2.24, 2.45) is 0 Å². The van der Waals surface area contributed by atoms with Gasteiger partial charge >= 0.3 is 0 Å². The van der Waals surface area contributed by atoms with E-state index in [-0.39, 0.29) is 11.1 Å². The summed E-state index contributed by atoms with van der Waals surface area (Å²) in [5, 5.41) is -2.15. The molecule has 1 saturated carbocycles. The summed E-state index contributed by atoms with van der Waals surface area (Å²) in [6, 6.07) is 10.2. The molecule has 1 unspecified atom stereocenters. The first kappa shape index (κ1) is 24.6. The van der Waals surface area contributed by atoms with Crippen LogP contribution in [0.15, 0.2) is 36.4 Å². The second kappa shape index (κ2) is 9.64. The van der Waals surface area contributed by atoms with E-state index in [1.165, 1.54) is 0 Å². The van der Waals surface area contributed by atoms with E-state index >= 15 is 8.78 Å². The Morgan fingerprint density at radius 1 is 0.824 bits per heavy atom. The minimum Gasteiger partial charge on any atom is -0.539 e. The molecule has 0 heterocycles. The van der Waals surface area contributed by atoms with Crippen molar-refractivity contribution in [3.05, 3.63) is 76.9 Å². The van der Waals surface area contributed by atoms with Crippen molar-refractivity contribution in [1.82, 2.24) is 0 Å². The predicted molar refractivity (Wildman–Crippen MR) is 122 cm³/mol. The van der Waals surface area contributed by atoms with Crippen molar-refractivity contribution in [3.8, 4) is 5.75 Å². The Hall–Kier alpha value is -2.48. The summed E-state index contributed by atoms with van der Waals surface area (Å²) in [5.41, 5.74) is 0.894. The van der Waals surface area contributed by atoms with Gasteiger partial charge in [-0.3, -0.25) is 0 Å². The summed E-state index contributed by atoms with van der Waals surface area (Å²) in [4.78, 5) is 0. The number of halogens is 6. The van der Waals surface area contributed by atoms with Crippen LogP contribution >= 0.6 is 0 Å². The molecule has 0 saturated heterocycles. The van der Waals surface area contributed by atoms with Crippen LogP contribution in [0.3, 0.4) is 0 Å². The zero-order valence-corrected chi connectivity index (χ0v) is 20.0. The molecule has 182 valence electrons. The normalized spacial score (nSPS) is 16.7. The molecule has 0 aromatic heterocycles. The maximum atomic E-state index is 15.5. The van der Waals surface area contributed by atoms with Gasteiger partial charge in [-0.1, -0.05) is 63.4 Å². The van der Waals surface area contributed by atoms with Gasteiger partial charge in [-0.05, 0) is 35.6 Å². The molecule has 3 aromatic rings. The summed E-state index contributed by atoms with van der Waals surface area (Å²) in [5.74, 6) is -11.6. The number of rotatable bonds is 6. The van der Waals surface area contributed by atoms with E-state index in [1.54, 1.807) is 0 Å². The standard InChI is InChI=1S/C26H26F6OSi/c1-15(2)34(17-11-7-4-8-12-17,14-16-9-5-3-6-10-16)33-26-21(28)18-13-19(27)22(29)23(30)20(18)24(31)25(26)32/h3,5-6,9-10,13,15,17H,4,7-8,11-12,14H2,1-2H3. The Labute approximate surface area is 195 Å². The van der Waals surface area contributed by atoms with Crippen molar-refractivity contribution < 1.29 is 30.8 Å². The lowest BCUT2D eigenvalue weighted by molar-refractivity contribution is 0.377. The molecule has 4 rings (SSSR count). The Morgan fingerprint density at radius 2 is 1.44 bits per heavy atom. The number of hydrogen-bond donors (Lipinski definition) is 0. The second-order valence-corrected chi connectivity index (χ2v) is 13.8. The summed E-state index contributed by atoms with van der Waals surface area (Å²) < 4.78 is 93.7. The third-order valence-electron chi connectivity index (χ3n) is 7.10. The van der Waals surface area contributed by atoms with Gasteiger partial charge in [0.1, 0.15) is 0 Å². The Balaban J connectivity index is 1.92. The lowest BCUT2D eigenvalue weighted by Crippen LogP contribution is -2.53. The lowest BCUT2D eigenvalue weighted by atomic mass is 10.0. The molecule has 1 atom stereocenters. The third-order valence-corrected chi connectivity index (χ3v) is 12.6. The molecule has 0 radical (unpaired) electrons. The zero-order chi connectivity index (χ0) is 24.6. The summed E-state index contributed by atoms with van der Waals surface area (Å²) >= 11 is 0. The van der Waals surface area contributed by atoms with Gasteiger partial charge in [-0.15, -0.1) is 0 Å². The van der Waals surface area contributed by atoms with Crippen LogP contribution < -0.4 is 4.43 Å². The van der Waals surface area contributed by atoms with Crippen LogP contribution in [-0.2, 0) is 6.04 Å². The topological polar surface area (TPSA) is 9.23 Å². The molecule has 0 N–H and O–H groups in total. The Bertz CT molecular complexity index is 1190. The Kier molecular flexibility index (Phi) is 6.98. The van der Waals surface area contributed by atoms with E-state index in [2.05, 4.69) is 0 Å². The molecular formula is C26H26F6OSi. The van der Waals surface area contributed by atoms with Crippen LogP contribution in [0.5, 0.6) is 5.75 Å². The number of fused-ring (bicyclic) bond motifs is 1. The monoisotopic (exact) mass is 496 g/mol. The minimum absolute atomic E-state index is 0.0562. The summed E-state index contributed by atoms with van der Waals surface area (Å²) in [6.07, 6.45) is 4.62. The highest BCUT2D eigenvalue weighted by atomic mass is 28.4. The van der Waals surface area contributed by atoms with Gasteiger partial charge in [-0.2, -0.15) is 4.39 Å². The molecule has 0 aliphatic heterocycles. The molecule has 0 bridgehead atoms. The molecule has 0 spiro atoms. The highest BCUT2D eigenvalue weighted by molar-refractivity contribution is 6.76. The summed E-state index contributed by atoms with van der Waals surface area (Å²) in [6.45, 7) is 3.87. The first-order chi connectivity index (χ1) is 16.2. The quantitative estimate of drug-likeness (QED) is 0.144. The molecule has 3 aromatic carbocycles. The van der Waals surface area contributed by atoms with Crippen molar-refractivity contribution in [1.29, 1.82) is 0 Å². The van der Waals surface area contributed by atoms with Gasteiger partial charge in [0.05, 0.1) is 5.39 Å². The van der Waals surface area contributed by atoms with Gasteiger partial charge in [0.15, 0.2) is 34.8 Å². The molecule has 1 aliphatic carbocycles. The molecule has 1 aliphatic rings. The van der Waals surface area contributed by atoms with Crippen LogP contribution in [-0.4, -0.2) is 8.32 Å². The van der Waals surface area contributed by atoms with Gasteiger partial charge in [0.25, 0.3) is 8.32 Å². The van der Waals surface area contributed by atoms with E-state index < -0.39 is 59.7 Å². The van der Waals surface area contributed by atoms with Gasteiger partial charge in [-0.25, -0.2) is 22.0 Å². The van der Waals surface area contributed by atoms with Crippen molar-refractivity contribution >= 4 is 19.1 Å². The highest BCUT2D eigenvalue weighted by Gasteiger charge is 2.49. The average Bonchev–Trinajstić information content (AvgIpc) is 2.84. The molecule has 34 heavy (non-hydrogen) atoms. The highest BCUT2D eigenvalue weighted by Crippen LogP contribution is 2.47. The van der Waals surface area contributed by atoms with Gasteiger partial charge in [0.2, 0.25) is 5.82 Å². The van der Waals surface area contributed by atoms with Crippen molar-refractivity contribution in [3.63, 3.8) is 0 Å². The first-order valence-corrected chi connectivity index (χ1v) is 13.8. The average molecular weight is 497 g/mol. The van der Waals surface area contributed by atoms with E-state index in [0.717, 1.165) is 37.7 Å². The maximum Gasteiger partial charge on any atom is 0.261 e. The molecule has 8 heteroatoms. The fourth-order valence-electron chi connectivity index (χ4n) is 5.25. The molecule has 0 amide bonds. The minimum atomic E-state index is -3.07. The van der Waals surface area contributed by atoms with Crippen LogP contribution in [0.4, 0.5) is 26.3 Å². The van der Waals surface area contributed by atoms with Crippen molar-refractivity contribution in [2.75, 3.05) is 0 Å². The molecule has 1 fully saturated rings. The Morgan fingerprint density at radius 3 is 2.06 bits per heavy atom. The molecular weight excluding hydrogens is 470 g/mol. The van der Waals surface area contributed by atoms with Crippen LogP contribution in [0.25, 0.3) is 10.8 Å². The predicted octanol–water partition coefficient (Wildman–Crippen LogP) is 8.52. The second-order valence-electron chi connectivity index (χ2n) is 9.39. The maximum absolute atomic E-state index is 15.5. The summed E-state index contributed by atoms with van der Waals surface area (Å²) in [7, 11) is -3.07. The van der Waals surface area contributed by atoms with Crippen LogP contribution in [0.1, 0.15) is 51.5 Å². The first-order valence-electron chi connectivity index (χ1n) is 11.5. The van der Waals surface area contributed by atoms with Gasteiger partial charge in [0, 0.05) is 11.4 Å². The smallest absolute Gasteiger partial charge is 0.261 e. The molecule has 1 nitrogen and oxygen atoms in total. The SMILES string of the molecule is CC(C)[Si](Cc1ccccc1)(Oc1c(F)c(F)c2c(F)c(F)c(F)cc2c1F)C1CCCCC1. The van der Waals surface area contributed by atoms with Crippen molar-refractivity contribution in [2.45, 2.75) is 63.1 Å². The zero-order valence-electron chi connectivity index (χ0n) is 19.0. The van der Waals surface area contributed by atoms with E-state index in [9.17, 15) is 17.6 Å². The van der Waals surface area contributed by atoms with Gasteiger partial charge < -0.3 is 4.43 Å². The fourth-order valence-corrected chi connectivity index (χ4v) is 10.2. The number of benzene rings is 3. The van der Waals surface area contributed by atoms with Crippen LogP contribution in [0, 0.1) is 34.9 Å². The van der Waals surface area contributed by atoms with E-state index in [0.29, 0.717) is 12.1 Å². The fraction of sp³-hybridized carbons (Fsp3) is 0.385. The number of hydrogen-bond acceptors (Lipinski definition) is 1. The third kappa shape index (κ3) is 4.21.